The second-order valence-corrected chi connectivity index (χ2v) is 8.70. The summed E-state index contributed by atoms with van der Waals surface area (Å²) < 4.78 is 1.60. The molecule has 1 atom stereocenters. The lowest BCUT2D eigenvalue weighted by Crippen LogP contribution is -2.38. The molecule has 31 heavy (non-hydrogen) atoms. The molecular formula is C23H27N5O2S. The standard InChI is InChI=1S/C23H27N5O2S/c29-21(24-20-12-13-27(16-20)15-19-9-5-2-6-10-19)17-31-23-26-25-22(30)28(23)14-11-18-7-3-1-4-8-18/h1-10,20H,11-17H2,(H,24,29)(H,25,30). The molecule has 2 aromatic carbocycles. The second-order valence-electron chi connectivity index (χ2n) is 7.76. The topological polar surface area (TPSA) is 83.0 Å². The predicted molar refractivity (Wildman–Crippen MR) is 122 cm³/mol. The van der Waals surface area contributed by atoms with Crippen molar-refractivity contribution < 1.29 is 4.79 Å². The zero-order chi connectivity index (χ0) is 21.5. The molecule has 1 unspecified atom stereocenters. The van der Waals surface area contributed by atoms with E-state index >= 15 is 0 Å². The number of carbonyl (C=O) groups excluding carboxylic acids is 1. The fourth-order valence-electron chi connectivity index (χ4n) is 3.83. The Kier molecular flexibility index (Phi) is 7.22. The third kappa shape index (κ3) is 6.08. The first kappa shape index (κ1) is 21.4. The number of hydrogen-bond acceptors (Lipinski definition) is 5. The first-order chi connectivity index (χ1) is 15.2. The molecule has 4 rings (SSSR count). The van der Waals surface area contributed by atoms with E-state index in [1.807, 2.05) is 36.4 Å². The van der Waals surface area contributed by atoms with E-state index in [9.17, 15) is 9.59 Å². The number of benzene rings is 2. The highest BCUT2D eigenvalue weighted by molar-refractivity contribution is 7.99. The molecule has 1 saturated heterocycles. The van der Waals surface area contributed by atoms with Crippen LogP contribution >= 0.6 is 11.8 Å². The van der Waals surface area contributed by atoms with Crippen molar-refractivity contribution in [3.05, 3.63) is 82.3 Å². The van der Waals surface area contributed by atoms with Gasteiger partial charge in [0.25, 0.3) is 0 Å². The number of aromatic amines is 1. The molecule has 0 saturated carbocycles. The van der Waals surface area contributed by atoms with Gasteiger partial charge in [-0.25, -0.2) is 9.89 Å². The van der Waals surface area contributed by atoms with Crippen LogP contribution in [0.5, 0.6) is 0 Å². The number of H-pyrrole nitrogens is 1. The van der Waals surface area contributed by atoms with Gasteiger partial charge in [0.2, 0.25) is 5.91 Å². The average Bonchev–Trinajstić information content (AvgIpc) is 3.38. The van der Waals surface area contributed by atoms with Crippen molar-refractivity contribution in [2.75, 3.05) is 18.8 Å². The normalized spacial score (nSPS) is 16.5. The summed E-state index contributed by atoms with van der Waals surface area (Å²) in [5, 5.41) is 10.3. The van der Waals surface area contributed by atoms with Crippen LogP contribution in [0.3, 0.4) is 0 Å². The van der Waals surface area contributed by atoms with E-state index in [0.717, 1.165) is 38.0 Å². The summed E-state index contributed by atoms with van der Waals surface area (Å²) in [6, 6.07) is 20.6. The molecule has 1 fully saturated rings. The van der Waals surface area contributed by atoms with Gasteiger partial charge in [-0.3, -0.25) is 14.3 Å². The van der Waals surface area contributed by atoms with Crippen LogP contribution in [0, 0.1) is 0 Å². The number of aromatic nitrogens is 3. The second kappa shape index (κ2) is 10.5. The molecule has 7 nitrogen and oxygen atoms in total. The minimum atomic E-state index is -0.244. The monoisotopic (exact) mass is 437 g/mol. The molecule has 8 heteroatoms. The van der Waals surface area contributed by atoms with Crippen molar-refractivity contribution in [3.8, 4) is 0 Å². The van der Waals surface area contributed by atoms with Gasteiger partial charge in [0, 0.05) is 32.2 Å². The van der Waals surface area contributed by atoms with Crippen LogP contribution in [0.15, 0.2) is 70.6 Å². The Labute approximate surface area is 185 Å². The van der Waals surface area contributed by atoms with Gasteiger partial charge in [-0.05, 0) is 24.0 Å². The number of aryl methyl sites for hydroxylation is 1. The Morgan fingerprint density at radius 3 is 2.55 bits per heavy atom. The Bertz CT molecular complexity index is 1030. The van der Waals surface area contributed by atoms with E-state index in [-0.39, 0.29) is 23.4 Å². The van der Waals surface area contributed by atoms with E-state index in [4.69, 9.17) is 0 Å². The quantitative estimate of drug-likeness (QED) is 0.502. The van der Waals surface area contributed by atoms with Crippen LogP contribution in [0.25, 0.3) is 0 Å². The van der Waals surface area contributed by atoms with Gasteiger partial charge >= 0.3 is 5.69 Å². The van der Waals surface area contributed by atoms with Gasteiger partial charge in [-0.2, -0.15) is 0 Å². The van der Waals surface area contributed by atoms with E-state index in [2.05, 4.69) is 44.7 Å². The Hall–Kier alpha value is -2.84. The molecule has 0 aliphatic carbocycles. The van der Waals surface area contributed by atoms with E-state index < -0.39 is 0 Å². The summed E-state index contributed by atoms with van der Waals surface area (Å²) in [5.41, 5.74) is 2.20. The highest BCUT2D eigenvalue weighted by atomic mass is 32.2. The highest BCUT2D eigenvalue weighted by Gasteiger charge is 2.24. The highest BCUT2D eigenvalue weighted by Crippen LogP contribution is 2.16. The molecule has 3 aromatic rings. The molecule has 2 N–H and O–H groups in total. The van der Waals surface area contributed by atoms with Crippen LogP contribution in [0.1, 0.15) is 17.5 Å². The van der Waals surface area contributed by atoms with Crippen molar-refractivity contribution in [1.29, 1.82) is 0 Å². The van der Waals surface area contributed by atoms with Crippen LogP contribution < -0.4 is 11.0 Å². The van der Waals surface area contributed by atoms with Crippen LogP contribution in [-0.2, 0) is 24.3 Å². The minimum absolute atomic E-state index is 0.0263. The summed E-state index contributed by atoms with van der Waals surface area (Å²) in [5.74, 6) is 0.215. The number of likely N-dealkylation sites (tertiary alicyclic amines) is 1. The van der Waals surface area contributed by atoms with Crippen molar-refractivity contribution in [1.82, 2.24) is 25.0 Å². The van der Waals surface area contributed by atoms with E-state index in [0.29, 0.717) is 11.7 Å². The number of hydrogen-bond donors (Lipinski definition) is 2. The first-order valence-electron chi connectivity index (χ1n) is 10.5. The zero-order valence-electron chi connectivity index (χ0n) is 17.4. The lowest BCUT2D eigenvalue weighted by Gasteiger charge is -2.16. The number of amides is 1. The minimum Gasteiger partial charge on any atom is -0.351 e. The number of nitrogens with zero attached hydrogens (tertiary/aromatic N) is 3. The molecule has 1 aliphatic rings. The Morgan fingerprint density at radius 1 is 1.10 bits per heavy atom. The smallest absolute Gasteiger partial charge is 0.343 e. The summed E-state index contributed by atoms with van der Waals surface area (Å²) in [4.78, 5) is 26.9. The third-order valence-electron chi connectivity index (χ3n) is 5.41. The summed E-state index contributed by atoms with van der Waals surface area (Å²) in [6.45, 7) is 3.27. The molecule has 2 heterocycles. The Balaban J connectivity index is 1.23. The molecule has 0 spiro atoms. The SMILES string of the molecule is O=C(CSc1n[nH]c(=O)n1CCc1ccccc1)NC1CCN(Cc2ccccc2)C1. The van der Waals surface area contributed by atoms with Crippen LogP contribution in [0.4, 0.5) is 0 Å². The largest absolute Gasteiger partial charge is 0.351 e. The maximum Gasteiger partial charge on any atom is 0.343 e. The van der Waals surface area contributed by atoms with Crippen molar-refractivity contribution in [2.24, 2.45) is 0 Å². The number of thioether (sulfide) groups is 1. The maximum atomic E-state index is 12.5. The van der Waals surface area contributed by atoms with Gasteiger partial charge < -0.3 is 5.32 Å². The molecule has 0 radical (unpaired) electrons. The third-order valence-corrected chi connectivity index (χ3v) is 6.39. The van der Waals surface area contributed by atoms with Crippen molar-refractivity contribution in [2.45, 2.75) is 37.1 Å². The Morgan fingerprint density at radius 2 is 1.81 bits per heavy atom. The molecule has 1 amide bonds. The lowest BCUT2D eigenvalue weighted by molar-refractivity contribution is -0.119. The van der Waals surface area contributed by atoms with Crippen LogP contribution in [0.2, 0.25) is 0 Å². The fraction of sp³-hybridized carbons (Fsp3) is 0.348. The average molecular weight is 438 g/mol. The zero-order valence-corrected chi connectivity index (χ0v) is 18.2. The molecular weight excluding hydrogens is 410 g/mol. The fourth-order valence-corrected chi connectivity index (χ4v) is 4.62. The lowest BCUT2D eigenvalue weighted by atomic mass is 10.1. The van der Waals surface area contributed by atoms with Crippen molar-refractivity contribution in [3.63, 3.8) is 0 Å². The molecule has 1 aliphatic heterocycles. The molecule has 162 valence electrons. The van der Waals surface area contributed by atoms with Crippen LogP contribution in [-0.4, -0.2) is 50.5 Å². The predicted octanol–water partition coefficient (Wildman–Crippen LogP) is 2.30. The van der Waals surface area contributed by atoms with E-state index in [1.54, 1.807) is 4.57 Å². The van der Waals surface area contributed by atoms with E-state index in [1.165, 1.54) is 17.3 Å². The molecule has 0 bridgehead atoms. The maximum absolute atomic E-state index is 12.5. The summed E-state index contributed by atoms with van der Waals surface area (Å²) in [7, 11) is 0. The van der Waals surface area contributed by atoms with Gasteiger partial charge in [0.1, 0.15) is 0 Å². The van der Waals surface area contributed by atoms with Crippen molar-refractivity contribution >= 4 is 17.7 Å². The number of carbonyl (C=O) groups is 1. The summed E-state index contributed by atoms with van der Waals surface area (Å²) >= 11 is 1.29. The van der Waals surface area contributed by atoms with Gasteiger partial charge in [-0.1, -0.05) is 72.4 Å². The summed E-state index contributed by atoms with van der Waals surface area (Å²) in [6.07, 6.45) is 1.69. The first-order valence-corrected chi connectivity index (χ1v) is 11.5. The van der Waals surface area contributed by atoms with Gasteiger partial charge in [0.15, 0.2) is 5.16 Å². The number of rotatable bonds is 9. The molecule has 1 aromatic heterocycles. The van der Waals surface area contributed by atoms with Gasteiger partial charge in [0.05, 0.1) is 5.75 Å². The number of nitrogens with one attached hydrogen (secondary N) is 2. The van der Waals surface area contributed by atoms with Gasteiger partial charge in [-0.15, -0.1) is 5.10 Å².